The van der Waals surface area contributed by atoms with E-state index in [1.54, 1.807) is 46.0 Å². The van der Waals surface area contributed by atoms with Gasteiger partial charge in [0.15, 0.2) is 0 Å². The number of carbonyl (C=O) groups excluding carboxylic acids is 2. The average molecular weight is 360 g/mol. The molecule has 0 atom stereocenters. The maximum atomic E-state index is 12.7. The van der Waals surface area contributed by atoms with Crippen molar-refractivity contribution in [2.45, 2.75) is 33.6 Å². The number of pyridine rings is 1. The van der Waals surface area contributed by atoms with Crippen LogP contribution in [0.5, 0.6) is 5.88 Å². The van der Waals surface area contributed by atoms with Crippen LogP contribution in [0.3, 0.4) is 0 Å². The smallest absolute Gasteiger partial charge is 0.336 e. The van der Waals surface area contributed by atoms with Gasteiger partial charge in [-0.25, -0.2) is 14.6 Å². The van der Waals surface area contributed by atoms with Crippen LogP contribution in [0.1, 0.15) is 39.2 Å². The van der Waals surface area contributed by atoms with Crippen molar-refractivity contribution in [3.8, 4) is 5.88 Å². The van der Waals surface area contributed by atoms with Crippen molar-refractivity contribution >= 4 is 11.9 Å². The standard InChI is InChI=1S/C19H24N2O5/c1-6-25-18(22)14-11(3)21-12(4)15(19(23)26-7-2)16(14)13-9-8-10-20-17(13)24-5/h8-10,16,21H,6-7H2,1-5H3. The molecule has 0 bridgehead atoms. The van der Waals surface area contributed by atoms with Gasteiger partial charge in [-0.05, 0) is 33.8 Å². The molecule has 0 amide bonds. The molecular weight excluding hydrogens is 336 g/mol. The predicted octanol–water partition coefficient (Wildman–Crippen LogP) is 2.45. The summed E-state index contributed by atoms with van der Waals surface area (Å²) in [6, 6.07) is 3.51. The molecule has 0 spiro atoms. The third-order valence-corrected chi connectivity index (χ3v) is 4.06. The van der Waals surface area contributed by atoms with Gasteiger partial charge in [0, 0.05) is 23.2 Å². The van der Waals surface area contributed by atoms with Gasteiger partial charge in [0.2, 0.25) is 5.88 Å². The highest BCUT2D eigenvalue weighted by molar-refractivity contribution is 6.00. The van der Waals surface area contributed by atoms with Crippen LogP contribution < -0.4 is 10.1 Å². The molecule has 0 unspecified atom stereocenters. The molecule has 1 aliphatic rings. The van der Waals surface area contributed by atoms with Crippen molar-refractivity contribution < 1.29 is 23.8 Å². The molecule has 0 saturated heterocycles. The summed E-state index contributed by atoms with van der Waals surface area (Å²) >= 11 is 0. The van der Waals surface area contributed by atoms with Gasteiger partial charge in [-0.2, -0.15) is 0 Å². The fourth-order valence-corrected chi connectivity index (χ4v) is 3.06. The lowest BCUT2D eigenvalue weighted by molar-refractivity contribution is -0.139. The van der Waals surface area contributed by atoms with Crippen LogP contribution in [-0.2, 0) is 19.1 Å². The van der Waals surface area contributed by atoms with E-state index in [0.29, 0.717) is 34.0 Å². The zero-order chi connectivity index (χ0) is 19.3. The number of esters is 2. The maximum Gasteiger partial charge on any atom is 0.336 e. The summed E-state index contributed by atoms with van der Waals surface area (Å²) in [7, 11) is 1.49. The van der Waals surface area contributed by atoms with Crippen LogP contribution in [0.25, 0.3) is 0 Å². The van der Waals surface area contributed by atoms with E-state index in [1.165, 1.54) is 7.11 Å². The Kier molecular flexibility index (Phi) is 6.38. The molecule has 1 N–H and O–H groups in total. The lowest BCUT2D eigenvalue weighted by Gasteiger charge is -2.30. The van der Waals surface area contributed by atoms with Gasteiger partial charge in [0.1, 0.15) is 0 Å². The molecule has 1 aromatic rings. The number of hydrogen-bond donors (Lipinski definition) is 1. The quantitative estimate of drug-likeness (QED) is 0.780. The summed E-state index contributed by atoms with van der Waals surface area (Å²) in [5.41, 5.74) is 2.51. The summed E-state index contributed by atoms with van der Waals surface area (Å²) in [4.78, 5) is 29.5. The number of ether oxygens (including phenoxy) is 3. The number of aromatic nitrogens is 1. The van der Waals surface area contributed by atoms with Crippen molar-refractivity contribution in [3.63, 3.8) is 0 Å². The zero-order valence-electron chi connectivity index (χ0n) is 15.7. The molecule has 2 rings (SSSR count). The molecule has 26 heavy (non-hydrogen) atoms. The van der Waals surface area contributed by atoms with Crippen molar-refractivity contribution in [3.05, 3.63) is 46.4 Å². The first-order valence-corrected chi connectivity index (χ1v) is 8.47. The number of rotatable bonds is 6. The van der Waals surface area contributed by atoms with Crippen LogP contribution in [-0.4, -0.2) is 37.2 Å². The molecule has 0 aromatic carbocycles. The number of allylic oxidation sites excluding steroid dienone is 2. The molecule has 7 heteroatoms. The van der Waals surface area contributed by atoms with Crippen molar-refractivity contribution in [2.24, 2.45) is 0 Å². The Labute approximate surface area is 153 Å². The van der Waals surface area contributed by atoms with Gasteiger partial charge in [-0.15, -0.1) is 0 Å². The molecule has 0 fully saturated rings. The Balaban J connectivity index is 2.69. The Morgan fingerprint density at radius 3 is 2.08 bits per heavy atom. The highest BCUT2D eigenvalue weighted by atomic mass is 16.5. The van der Waals surface area contributed by atoms with Crippen LogP contribution in [0.15, 0.2) is 40.9 Å². The van der Waals surface area contributed by atoms with Crippen molar-refractivity contribution in [1.29, 1.82) is 0 Å². The molecule has 0 aliphatic carbocycles. The zero-order valence-corrected chi connectivity index (χ0v) is 15.7. The number of carbonyl (C=O) groups is 2. The third-order valence-electron chi connectivity index (χ3n) is 4.06. The average Bonchev–Trinajstić information content (AvgIpc) is 2.61. The van der Waals surface area contributed by atoms with E-state index in [-0.39, 0.29) is 13.2 Å². The van der Waals surface area contributed by atoms with Gasteiger partial charge in [-0.1, -0.05) is 6.07 Å². The molecular formula is C19H24N2O5. The Hall–Kier alpha value is -2.83. The second kappa shape index (κ2) is 8.51. The maximum absolute atomic E-state index is 12.7. The third kappa shape index (κ3) is 3.71. The SMILES string of the molecule is CCOC(=O)C1=C(C)NC(C)=C(C(=O)OCC)C1c1cccnc1OC. The van der Waals surface area contributed by atoms with Crippen LogP contribution in [0.2, 0.25) is 0 Å². The lowest BCUT2D eigenvalue weighted by Crippen LogP contribution is -2.32. The molecule has 7 nitrogen and oxygen atoms in total. The van der Waals surface area contributed by atoms with E-state index in [9.17, 15) is 9.59 Å². The summed E-state index contributed by atoms with van der Waals surface area (Å²) in [5.74, 6) is -1.35. The van der Waals surface area contributed by atoms with E-state index in [1.807, 2.05) is 0 Å². The van der Waals surface area contributed by atoms with Gasteiger partial charge < -0.3 is 19.5 Å². The summed E-state index contributed by atoms with van der Waals surface area (Å²) < 4.78 is 15.8. The fourth-order valence-electron chi connectivity index (χ4n) is 3.06. The van der Waals surface area contributed by atoms with Crippen LogP contribution in [0, 0.1) is 0 Å². The normalized spacial score (nSPS) is 14.8. The van der Waals surface area contributed by atoms with Gasteiger partial charge >= 0.3 is 11.9 Å². The minimum Gasteiger partial charge on any atom is -0.481 e. The largest absolute Gasteiger partial charge is 0.481 e. The van der Waals surface area contributed by atoms with E-state index in [2.05, 4.69) is 10.3 Å². The second-order valence-corrected chi connectivity index (χ2v) is 5.68. The molecule has 1 aliphatic heterocycles. The number of nitrogens with one attached hydrogen (secondary N) is 1. The summed E-state index contributed by atoms with van der Waals surface area (Å²) in [6.45, 7) is 7.46. The first-order chi connectivity index (χ1) is 12.5. The fraction of sp³-hybridized carbons (Fsp3) is 0.421. The Bertz CT molecular complexity index is 727. The predicted molar refractivity (Wildman–Crippen MR) is 95.3 cm³/mol. The Morgan fingerprint density at radius 1 is 1.08 bits per heavy atom. The van der Waals surface area contributed by atoms with Crippen LogP contribution in [0.4, 0.5) is 0 Å². The second-order valence-electron chi connectivity index (χ2n) is 5.68. The monoisotopic (exact) mass is 360 g/mol. The molecule has 0 saturated carbocycles. The molecule has 2 heterocycles. The number of dihydropyridines is 1. The minimum absolute atomic E-state index is 0.226. The number of hydrogen-bond acceptors (Lipinski definition) is 7. The molecule has 0 radical (unpaired) electrons. The topological polar surface area (TPSA) is 86.8 Å². The number of methoxy groups -OCH3 is 1. The summed E-state index contributed by atoms with van der Waals surface area (Å²) in [5, 5.41) is 3.09. The molecule has 140 valence electrons. The van der Waals surface area contributed by atoms with Crippen molar-refractivity contribution in [2.75, 3.05) is 20.3 Å². The van der Waals surface area contributed by atoms with Gasteiger partial charge in [0.25, 0.3) is 0 Å². The lowest BCUT2D eigenvalue weighted by atomic mass is 9.80. The molecule has 1 aromatic heterocycles. The first kappa shape index (κ1) is 19.5. The number of nitrogens with zero attached hydrogens (tertiary/aromatic N) is 1. The van der Waals surface area contributed by atoms with E-state index in [0.717, 1.165) is 0 Å². The van der Waals surface area contributed by atoms with Gasteiger partial charge in [-0.3, -0.25) is 0 Å². The van der Waals surface area contributed by atoms with Crippen molar-refractivity contribution in [1.82, 2.24) is 10.3 Å². The van der Waals surface area contributed by atoms with Gasteiger partial charge in [0.05, 0.1) is 37.4 Å². The van der Waals surface area contributed by atoms with E-state index >= 15 is 0 Å². The minimum atomic E-state index is -0.696. The first-order valence-electron chi connectivity index (χ1n) is 8.47. The van der Waals surface area contributed by atoms with Crippen LogP contribution >= 0.6 is 0 Å². The van der Waals surface area contributed by atoms with E-state index in [4.69, 9.17) is 14.2 Å². The Morgan fingerprint density at radius 2 is 1.62 bits per heavy atom. The summed E-state index contributed by atoms with van der Waals surface area (Å²) in [6.07, 6.45) is 1.59. The highest BCUT2D eigenvalue weighted by Gasteiger charge is 2.39. The highest BCUT2D eigenvalue weighted by Crippen LogP contribution is 2.41. The van der Waals surface area contributed by atoms with E-state index < -0.39 is 17.9 Å².